The van der Waals surface area contributed by atoms with Gasteiger partial charge >= 0.3 is 0 Å². The Labute approximate surface area is 99.5 Å². The van der Waals surface area contributed by atoms with Crippen LogP contribution in [0.1, 0.15) is 11.3 Å². The van der Waals surface area contributed by atoms with Gasteiger partial charge in [-0.1, -0.05) is 11.2 Å². The van der Waals surface area contributed by atoms with E-state index >= 15 is 0 Å². The molecule has 5 nitrogen and oxygen atoms in total. The van der Waals surface area contributed by atoms with Gasteiger partial charge in [0.1, 0.15) is 17.1 Å². The Morgan fingerprint density at radius 3 is 2.88 bits per heavy atom. The lowest BCUT2D eigenvalue weighted by Crippen LogP contribution is -2.04. The van der Waals surface area contributed by atoms with Gasteiger partial charge in [-0.25, -0.2) is 4.63 Å². The second-order valence-corrected chi connectivity index (χ2v) is 3.80. The smallest absolute Gasteiger partial charge is 0.142 e. The molecule has 5 heteroatoms. The molecule has 1 heterocycles. The molecular formula is C12H15N3O2. The highest BCUT2D eigenvalue weighted by Crippen LogP contribution is 2.31. The topological polar surface area (TPSA) is 74.2 Å². The van der Waals surface area contributed by atoms with Crippen molar-refractivity contribution < 1.29 is 9.37 Å². The summed E-state index contributed by atoms with van der Waals surface area (Å²) in [7, 11) is 1.63. The molecule has 0 fully saturated rings. The highest BCUT2D eigenvalue weighted by atomic mass is 16.6. The van der Waals surface area contributed by atoms with Gasteiger partial charge in [0.25, 0.3) is 0 Å². The van der Waals surface area contributed by atoms with Crippen LogP contribution in [0.15, 0.2) is 22.8 Å². The molecule has 0 spiro atoms. The van der Waals surface area contributed by atoms with E-state index < -0.39 is 0 Å². The molecule has 2 N–H and O–H groups in total. The number of hydrogen-bond donors (Lipinski definition) is 1. The summed E-state index contributed by atoms with van der Waals surface area (Å²) in [5.41, 5.74) is 8.99. The minimum absolute atomic E-state index is 0.509. The third-order valence-corrected chi connectivity index (χ3v) is 2.55. The summed E-state index contributed by atoms with van der Waals surface area (Å²) in [6, 6.07) is 5.91. The van der Waals surface area contributed by atoms with E-state index in [0.717, 1.165) is 22.6 Å². The van der Waals surface area contributed by atoms with Crippen molar-refractivity contribution in [3.8, 4) is 17.0 Å². The van der Waals surface area contributed by atoms with E-state index in [1.54, 1.807) is 7.11 Å². The van der Waals surface area contributed by atoms with Crippen LogP contribution in [0, 0.1) is 6.92 Å². The van der Waals surface area contributed by atoms with E-state index in [4.69, 9.17) is 15.1 Å². The van der Waals surface area contributed by atoms with Crippen molar-refractivity contribution in [1.29, 1.82) is 0 Å². The Morgan fingerprint density at radius 2 is 2.18 bits per heavy atom. The summed E-state index contributed by atoms with van der Waals surface area (Å²) in [5.74, 6) is 0.763. The van der Waals surface area contributed by atoms with Crippen molar-refractivity contribution in [3.63, 3.8) is 0 Å². The Balaban J connectivity index is 2.48. The maximum Gasteiger partial charge on any atom is 0.142 e. The number of hydrogen-bond acceptors (Lipinski definition) is 5. The summed E-state index contributed by atoms with van der Waals surface area (Å²) in [5, 5.41) is 7.78. The van der Waals surface area contributed by atoms with Gasteiger partial charge in [0.2, 0.25) is 0 Å². The van der Waals surface area contributed by atoms with E-state index in [9.17, 15) is 0 Å². The summed E-state index contributed by atoms with van der Waals surface area (Å²) in [6.07, 6.45) is 0.635. The van der Waals surface area contributed by atoms with Crippen molar-refractivity contribution in [2.75, 3.05) is 13.7 Å². The SMILES string of the molecule is COc1cc(C)ccc1-c1nonc1CCN. The second-order valence-electron chi connectivity index (χ2n) is 3.80. The Kier molecular flexibility index (Phi) is 3.39. The first-order chi connectivity index (χ1) is 8.26. The number of nitrogens with zero attached hydrogens (tertiary/aromatic N) is 2. The number of nitrogens with two attached hydrogens (primary N) is 1. The van der Waals surface area contributed by atoms with Gasteiger partial charge < -0.3 is 10.5 Å². The van der Waals surface area contributed by atoms with E-state index in [-0.39, 0.29) is 0 Å². The molecule has 0 saturated heterocycles. The van der Waals surface area contributed by atoms with Crippen LogP contribution in [0.2, 0.25) is 0 Å². The van der Waals surface area contributed by atoms with Crippen molar-refractivity contribution in [2.45, 2.75) is 13.3 Å². The number of rotatable bonds is 4. The number of methoxy groups -OCH3 is 1. The second kappa shape index (κ2) is 4.97. The van der Waals surface area contributed by atoms with E-state index in [2.05, 4.69) is 10.3 Å². The van der Waals surface area contributed by atoms with Gasteiger partial charge in [-0.3, -0.25) is 0 Å². The molecule has 0 aliphatic rings. The van der Waals surface area contributed by atoms with Crippen LogP contribution in [-0.2, 0) is 6.42 Å². The van der Waals surface area contributed by atoms with Crippen LogP contribution in [-0.4, -0.2) is 24.0 Å². The van der Waals surface area contributed by atoms with Crippen LogP contribution in [0.25, 0.3) is 11.3 Å². The predicted molar refractivity (Wildman–Crippen MR) is 63.8 cm³/mol. The molecule has 0 unspecified atom stereocenters. The predicted octanol–water partition coefficient (Wildman–Crippen LogP) is 1.55. The zero-order valence-electron chi connectivity index (χ0n) is 9.93. The standard InChI is InChI=1S/C12H15N3O2/c1-8-3-4-9(11(7-8)16-2)12-10(5-6-13)14-17-15-12/h3-4,7H,5-6,13H2,1-2H3. The molecule has 0 atom stereocenters. The summed E-state index contributed by atoms with van der Waals surface area (Å²) in [6.45, 7) is 2.52. The van der Waals surface area contributed by atoms with Crippen LogP contribution in [0.5, 0.6) is 5.75 Å². The fourth-order valence-corrected chi connectivity index (χ4v) is 1.71. The van der Waals surface area contributed by atoms with Gasteiger partial charge in [0, 0.05) is 12.0 Å². The minimum Gasteiger partial charge on any atom is -0.496 e. The quantitative estimate of drug-likeness (QED) is 0.867. The summed E-state index contributed by atoms with van der Waals surface area (Å²) in [4.78, 5) is 0. The number of aryl methyl sites for hydroxylation is 1. The highest BCUT2D eigenvalue weighted by Gasteiger charge is 2.15. The molecule has 0 bridgehead atoms. The van der Waals surface area contributed by atoms with Crippen LogP contribution < -0.4 is 10.5 Å². The third-order valence-electron chi connectivity index (χ3n) is 2.55. The van der Waals surface area contributed by atoms with Gasteiger partial charge in [-0.15, -0.1) is 0 Å². The van der Waals surface area contributed by atoms with Crippen LogP contribution >= 0.6 is 0 Å². The van der Waals surface area contributed by atoms with E-state index in [0.29, 0.717) is 18.7 Å². The maximum absolute atomic E-state index is 5.52. The van der Waals surface area contributed by atoms with Crippen molar-refractivity contribution in [2.24, 2.45) is 5.73 Å². The number of benzene rings is 1. The van der Waals surface area contributed by atoms with E-state index in [1.165, 1.54) is 0 Å². The monoisotopic (exact) mass is 233 g/mol. The lowest BCUT2D eigenvalue weighted by atomic mass is 10.1. The molecule has 17 heavy (non-hydrogen) atoms. The molecule has 0 amide bonds. The highest BCUT2D eigenvalue weighted by molar-refractivity contribution is 5.69. The molecule has 2 aromatic rings. The Morgan fingerprint density at radius 1 is 1.35 bits per heavy atom. The van der Waals surface area contributed by atoms with Crippen molar-refractivity contribution in [1.82, 2.24) is 10.3 Å². The summed E-state index contributed by atoms with van der Waals surface area (Å²) < 4.78 is 10.1. The number of aromatic nitrogens is 2. The molecule has 0 aliphatic carbocycles. The fraction of sp³-hybridized carbons (Fsp3) is 0.333. The van der Waals surface area contributed by atoms with Gasteiger partial charge in [-0.2, -0.15) is 0 Å². The van der Waals surface area contributed by atoms with E-state index in [1.807, 2.05) is 25.1 Å². The molecule has 1 aromatic heterocycles. The molecule has 0 aliphatic heterocycles. The average Bonchev–Trinajstić information content (AvgIpc) is 2.77. The molecular weight excluding hydrogens is 218 g/mol. The first kappa shape index (κ1) is 11.6. The molecule has 2 rings (SSSR count). The van der Waals surface area contributed by atoms with Gasteiger partial charge in [0.15, 0.2) is 0 Å². The lowest BCUT2D eigenvalue weighted by Gasteiger charge is -2.07. The zero-order valence-corrected chi connectivity index (χ0v) is 9.93. The zero-order chi connectivity index (χ0) is 12.3. The van der Waals surface area contributed by atoms with Gasteiger partial charge in [0.05, 0.1) is 7.11 Å². The summed E-state index contributed by atoms with van der Waals surface area (Å²) >= 11 is 0. The molecule has 90 valence electrons. The normalized spacial score (nSPS) is 10.5. The minimum atomic E-state index is 0.509. The number of ether oxygens (including phenoxy) is 1. The van der Waals surface area contributed by atoms with Gasteiger partial charge in [-0.05, 0) is 36.3 Å². The molecule has 0 saturated carbocycles. The molecule has 1 aromatic carbocycles. The van der Waals surface area contributed by atoms with Crippen LogP contribution in [0.4, 0.5) is 0 Å². The largest absolute Gasteiger partial charge is 0.496 e. The third kappa shape index (κ3) is 2.29. The Bertz CT molecular complexity index is 508. The maximum atomic E-state index is 5.52. The molecule has 0 radical (unpaired) electrons. The van der Waals surface area contributed by atoms with Crippen molar-refractivity contribution in [3.05, 3.63) is 29.5 Å². The Hall–Kier alpha value is -1.88. The first-order valence-electron chi connectivity index (χ1n) is 5.42. The average molecular weight is 233 g/mol. The van der Waals surface area contributed by atoms with Crippen molar-refractivity contribution >= 4 is 0 Å². The fourth-order valence-electron chi connectivity index (χ4n) is 1.71. The lowest BCUT2D eigenvalue weighted by molar-refractivity contribution is 0.304. The van der Waals surface area contributed by atoms with Crippen LogP contribution in [0.3, 0.4) is 0 Å². The first-order valence-corrected chi connectivity index (χ1v) is 5.42.